The summed E-state index contributed by atoms with van der Waals surface area (Å²) in [6, 6.07) is 7.17. The van der Waals surface area contributed by atoms with Crippen LogP contribution in [0.5, 0.6) is 11.5 Å². The summed E-state index contributed by atoms with van der Waals surface area (Å²) >= 11 is 1.20. The molecule has 0 aliphatic rings. The van der Waals surface area contributed by atoms with Gasteiger partial charge in [-0.25, -0.2) is 9.61 Å². The number of ether oxygens (including phenoxy) is 2. The summed E-state index contributed by atoms with van der Waals surface area (Å²) < 4.78 is 12.0. The Labute approximate surface area is 171 Å². The van der Waals surface area contributed by atoms with Gasteiger partial charge in [-0.3, -0.25) is 9.59 Å². The molecule has 0 aliphatic carbocycles. The predicted molar refractivity (Wildman–Crippen MR) is 111 cm³/mol. The molecule has 0 bridgehead atoms. The fourth-order valence-electron chi connectivity index (χ4n) is 2.67. The summed E-state index contributed by atoms with van der Waals surface area (Å²) in [7, 11) is 3.12. The van der Waals surface area contributed by atoms with Crippen LogP contribution < -0.4 is 20.3 Å². The number of nitrogens with one attached hydrogen (secondary N) is 2. The Morgan fingerprint density at radius 1 is 1.28 bits per heavy atom. The van der Waals surface area contributed by atoms with Crippen molar-refractivity contribution in [3.05, 3.63) is 34.6 Å². The maximum atomic E-state index is 12.2. The van der Waals surface area contributed by atoms with Crippen LogP contribution in [0.1, 0.15) is 20.3 Å². The van der Waals surface area contributed by atoms with Gasteiger partial charge in [0.1, 0.15) is 5.52 Å². The van der Waals surface area contributed by atoms with E-state index in [2.05, 4.69) is 20.6 Å². The molecule has 0 aliphatic heterocycles. The molecular weight excluding hydrogens is 394 g/mol. The summed E-state index contributed by atoms with van der Waals surface area (Å²) in [6.07, 6.45) is 0.853. The third-order valence-corrected chi connectivity index (χ3v) is 5.34. The van der Waals surface area contributed by atoms with Gasteiger partial charge < -0.3 is 14.8 Å². The largest absolute Gasteiger partial charge is 0.493 e. The molecule has 1 atom stereocenters. The third kappa shape index (κ3) is 4.53. The highest BCUT2D eigenvalue weighted by Crippen LogP contribution is 2.32. The van der Waals surface area contributed by atoms with Gasteiger partial charge in [0.25, 0.3) is 5.56 Å². The van der Waals surface area contributed by atoms with Crippen molar-refractivity contribution >= 4 is 23.2 Å². The van der Waals surface area contributed by atoms with Gasteiger partial charge in [0.15, 0.2) is 11.5 Å². The van der Waals surface area contributed by atoms with Crippen molar-refractivity contribution in [2.24, 2.45) is 0 Å². The van der Waals surface area contributed by atoms with Crippen LogP contribution in [-0.2, 0) is 4.79 Å². The van der Waals surface area contributed by atoms with Crippen LogP contribution in [0, 0.1) is 0 Å². The Bertz CT molecular complexity index is 1080. The molecule has 0 radical (unpaired) electrons. The second kappa shape index (κ2) is 8.99. The third-order valence-electron chi connectivity index (χ3n) is 4.41. The first-order valence-corrected chi connectivity index (χ1v) is 10.1. The number of benzene rings is 1. The lowest BCUT2D eigenvalue weighted by Gasteiger charge is -2.10. The lowest BCUT2D eigenvalue weighted by molar-refractivity contribution is -0.119. The highest BCUT2D eigenvalue weighted by Gasteiger charge is 2.15. The molecular formula is C19H23N5O4S. The molecule has 2 aromatic heterocycles. The molecule has 1 unspecified atom stereocenters. The molecule has 3 aromatic rings. The first-order valence-electron chi connectivity index (χ1n) is 9.09. The number of hydrogen-bond acceptors (Lipinski definition) is 7. The maximum absolute atomic E-state index is 12.2. The van der Waals surface area contributed by atoms with E-state index in [-0.39, 0.29) is 23.3 Å². The lowest BCUT2D eigenvalue weighted by Crippen LogP contribution is -2.33. The highest BCUT2D eigenvalue weighted by molar-refractivity contribution is 7.99. The van der Waals surface area contributed by atoms with Gasteiger partial charge in [-0.2, -0.15) is 5.10 Å². The van der Waals surface area contributed by atoms with Gasteiger partial charge in [0.2, 0.25) is 11.1 Å². The van der Waals surface area contributed by atoms with Crippen molar-refractivity contribution in [1.82, 2.24) is 25.1 Å². The van der Waals surface area contributed by atoms with Gasteiger partial charge in [-0.05, 0) is 37.6 Å². The average Bonchev–Trinajstić information content (AvgIpc) is 3.19. The van der Waals surface area contributed by atoms with E-state index in [4.69, 9.17) is 9.47 Å². The Hall–Kier alpha value is -3.01. The van der Waals surface area contributed by atoms with Gasteiger partial charge in [0, 0.05) is 11.6 Å². The highest BCUT2D eigenvalue weighted by atomic mass is 32.2. The summed E-state index contributed by atoms with van der Waals surface area (Å²) in [4.78, 5) is 24.3. The Morgan fingerprint density at radius 2 is 2.03 bits per heavy atom. The number of rotatable bonds is 8. The zero-order chi connectivity index (χ0) is 21.0. The number of H-pyrrole nitrogens is 1. The molecule has 9 nitrogen and oxygen atoms in total. The second-order valence-corrected chi connectivity index (χ2v) is 7.34. The van der Waals surface area contributed by atoms with E-state index in [1.54, 1.807) is 32.4 Å². The molecule has 0 saturated heterocycles. The fraction of sp³-hybridized carbons (Fsp3) is 0.368. The molecule has 0 spiro atoms. The minimum Gasteiger partial charge on any atom is -0.493 e. The molecule has 0 saturated carbocycles. The van der Waals surface area contributed by atoms with E-state index in [9.17, 15) is 9.59 Å². The maximum Gasteiger partial charge on any atom is 0.290 e. The van der Waals surface area contributed by atoms with E-state index >= 15 is 0 Å². The van der Waals surface area contributed by atoms with Crippen LogP contribution in [0.2, 0.25) is 0 Å². The Kier molecular flexibility index (Phi) is 6.42. The van der Waals surface area contributed by atoms with E-state index in [1.807, 2.05) is 19.9 Å². The van der Waals surface area contributed by atoms with E-state index in [0.717, 1.165) is 12.0 Å². The average molecular weight is 417 g/mol. The molecule has 3 rings (SSSR count). The molecule has 29 heavy (non-hydrogen) atoms. The number of aromatic nitrogens is 4. The number of carbonyl (C=O) groups is 1. The minimum absolute atomic E-state index is 0.0993. The number of fused-ring (bicyclic) bond motifs is 1. The van der Waals surface area contributed by atoms with Crippen molar-refractivity contribution in [1.29, 1.82) is 0 Å². The van der Waals surface area contributed by atoms with Crippen molar-refractivity contribution < 1.29 is 14.3 Å². The molecule has 1 amide bonds. The Balaban J connectivity index is 1.91. The molecule has 0 fully saturated rings. The number of carbonyl (C=O) groups excluding carboxylic acids is 1. The number of methoxy groups -OCH3 is 2. The summed E-state index contributed by atoms with van der Waals surface area (Å²) in [5.74, 6) is 1.23. The van der Waals surface area contributed by atoms with Crippen LogP contribution in [0.3, 0.4) is 0 Å². The molecule has 10 heteroatoms. The number of hydrogen-bond donors (Lipinski definition) is 2. The first-order chi connectivity index (χ1) is 14.0. The first kappa shape index (κ1) is 20.7. The number of aromatic amines is 1. The van der Waals surface area contributed by atoms with Gasteiger partial charge in [0.05, 0.1) is 25.7 Å². The SMILES string of the molecule is CCC(C)NC(=O)CSc1n[nH]c(=O)c2cc(-c3ccc(OC)c(OC)c3)nn12. The summed E-state index contributed by atoms with van der Waals surface area (Å²) in [5.41, 5.74) is 1.32. The monoisotopic (exact) mass is 417 g/mol. The van der Waals surface area contributed by atoms with Crippen LogP contribution in [0.15, 0.2) is 34.2 Å². The normalized spacial score (nSPS) is 12.0. The quantitative estimate of drug-likeness (QED) is 0.540. The van der Waals surface area contributed by atoms with Crippen LogP contribution in [-0.4, -0.2) is 51.7 Å². The number of amides is 1. The Morgan fingerprint density at radius 3 is 2.72 bits per heavy atom. The number of nitrogens with zero attached hydrogens (tertiary/aromatic N) is 3. The van der Waals surface area contributed by atoms with E-state index in [1.165, 1.54) is 16.3 Å². The van der Waals surface area contributed by atoms with Crippen molar-refractivity contribution in [3.8, 4) is 22.8 Å². The van der Waals surface area contributed by atoms with E-state index in [0.29, 0.717) is 27.9 Å². The second-order valence-electron chi connectivity index (χ2n) is 6.40. The standard InChI is InChI=1S/C19H23N5O4S/c1-5-11(2)20-17(25)10-29-19-22-21-18(26)14-9-13(23-24(14)19)12-6-7-15(27-3)16(8-12)28-4/h6-9,11H,5,10H2,1-4H3,(H,20,25)(H,21,26). The van der Waals surface area contributed by atoms with Gasteiger partial charge >= 0.3 is 0 Å². The zero-order valence-corrected chi connectivity index (χ0v) is 17.5. The summed E-state index contributed by atoms with van der Waals surface area (Å²) in [6.45, 7) is 3.95. The molecule has 2 N–H and O–H groups in total. The van der Waals surface area contributed by atoms with Gasteiger partial charge in [-0.15, -0.1) is 5.10 Å². The van der Waals surface area contributed by atoms with Crippen molar-refractivity contribution in [2.45, 2.75) is 31.5 Å². The molecule has 1 aromatic carbocycles. The lowest BCUT2D eigenvalue weighted by atomic mass is 10.1. The van der Waals surface area contributed by atoms with Crippen molar-refractivity contribution in [2.75, 3.05) is 20.0 Å². The fourth-order valence-corrected chi connectivity index (χ4v) is 3.39. The zero-order valence-electron chi connectivity index (χ0n) is 16.7. The van der Waals surface area contributed by atoms with Gasteiger partial charge in [-0.1, -0.05) is 18.7 Å². The topological polar surface area (TPSA) is 111 Å². The number of thioether (sulfide) groups is 1. The summed E-state index contributed by atoms with van der Waals surface area (Å²) in [5, 5.41) is 14.3. The predicted octanol–water partition coefficient (Wildman–Crippen LogP) is 2.11. The van der Waals surface area contributed by atoms with Crippen LogP contribution >= 0.6 is 11.8 Å². The molecule has 2 heterocycles. The molecule has 154 valence electrons. The van der Waals surface area contributed by atoms with Crippen LogP contribution in [0.4, 0.5) is 0 Å². The smallest absolute Gasteiger partial charge is 0.290 e. The van der Waals surface area contributed by atoms with Crippen molar-refractivity contribution in [3.63, 3.8) is 0 Å². The minimum atomic E-state index is -0.363. The van der Waals surface area contributed by atoms with E-state index < -0.39 is 0 Å². The van der Waals surface area contributed by atoms with Crippen LogP contribution in [0.25, 0.3) is 16.8 Å².